The molecule has 0 spiro atoms. The molecule has 0 radical (unpaired) electrons. The number of fused-ring (bicyclic) bond motifs is 1. The van der Waals surface area contributed by atoms with E-state index >= 15 is 0 Å². The van der Waals surface area contributed by atoms with E-state index in [1.165, 1.54) is 11.1 Å². The molecule has 0 atom stereocenters. The standard InChI is InChI=1S/C26H28N6/c1-18-22(17-21-9-5-4-6-10-21)26(29-20(3)27-18)32-15-13-31(14-16-32)25-19(2)28-23-11-7-8-12-24(23)30-25/h4-12H,13-17H2,1-3H3. The van der Waals surface area contributed by atoms with E-state index in [-0.39, 0.29) is 0 Å². The molecule has 0 amide bonds. The molecule has 3 heterocycles. The lowest BCUT2D eigenvalue weighted by Crippen LogP contribution is -2.47. The quantitative estimate of drug-likeness (QED) is 0.488. The van der Waals surface area contributed by atoms with Gasteiger partial charge in [0.1, 0.15) is 11.6 Å². The second-order valence-corrected chi connectivity index (χ2v) is 8.42. The molecule has 0 saturated carbocycles. The van der Waals surface area contributed by atoms with Crippen LogP contribution in [0.3, 0.4) is 0 Å². The van der Waals surface area contributed by atoms with Gasteiger partial charge in [-0.15, -0.1) is 0 Å². The van der Waals surface area contributed by atoms with Crippen LogP contribution in [-0.2, 0) is 6.42 Å². The van der Waals surface area contributed by atoms with Gasteiger partial charge in [-0.3, -0.25) is 0 Å². The lowest BCUT2D eigenvalue weighted by molar-refractivity contribution is 0.635. The predicted molar refractivity (Wildman–Crippen MR) is 129 cm³/mol. The van der Waals surface area contributed by atoms with Gasteiger partial charge in [-0.05, 0) is 38.5 Å². The monoisotopic (exact) mass is 424 g/mol. The lowest BCUT2D eigenvalue weighted by Gasteiger charge is -2.37. The van der Waals surface area contributed by atoms with Crippen LogP contribution < -0.4 is 9.80 Å². The number of aryl methyl sites for hydroxylation is 3. The number of aromatic nitrogens is 4. The van der Waals surface area contributed by atoms with E-state index in [9.17, 15) is 0 Å². The van der Waals surface area contributed by atoms with Crippen molar-refractivity contribution in [2.24, 2.45) is 0 Å². The summed E-state index contributed by atoms with van der Waals surface area (Å²) in [6.07, 6.45) is 0.845. The largest absolute Gasteiger partial charge is 0.353 e. The molecule has 2 aromatic carbocycles. The average molecular weight is 425 g/mol. The molecule has 162 valence electrons. The Balaban J connectivity index is 1.39. The normalized spacial score (nSPS) is 14.2. The number of nitrogens with zero attached hydrogens (tertiary/aromatic N) is 6. The third-order valence-electron chi connectivity index (χ3n) is 6.13. The molecule has 6 heteroatoms. The highest BCUT2D eigenvalue weighted by atomic mass is 15.3. The molecule has 1 aliphatic rings. The minimum Gasteiger partial charge on any atom is -0.353 e. The molecule has 5 rings (SSSR count). The number of rotatable bonds is 4. The van der Waals surface area contributed by atoms with E-state index in [2.05, 4.69) is 59.0 Å². The van der Waals surface area contributed by atoms with Crippen LogP contribution in [0.25, 0.3) is 11.0 Å². The van der Waals surface area contributed by atoms with Crippen molar-refractivity contribution in [2.45, 2.75) is 27.2 Å². The minimum absolute atomic E-state index is 0.827. The van der Waals surface area contributed by atoms with Crippen LogP contribution >= 0.6 is 0 Å². The molecule has 4 aromatic rings. The molecule has 0 N–H and O–H groups in total. The third kappa shape index (κ3) is 4.00. The van der Waals surface area contributed by atoms with Crippen LogP contribution in [0.2, 0.25) is 0 Å². The SMILES string of the molecule is Cc1nc(C)c(Cc2ccccc2)c(N2CCN(c3nc4ccccc4nc3C)CC2)n1. The zero-order valence-electron chi connectivity index (χ0n) is 18.9. The summed E-state index contributed by atoms with van der Waals surface area (Å²) >= 11 is 0. The Labute approximate surface area is 189 Å². The molecular formula is C26H28N6. The van der Waals surface area contributed by atoms with Crippen molar-refractivity contribution in [2.75, 3.05) is 36.0 Å². The Hall–Kier alpha value is -3.54. The molecule has 6 nitrogen and oxygen atoms in total. The lowest BCUT2D eigenvalue weighted by atomic mass is 10.0. The summed E-state index contributed by atoms with van der Waals surface area (Å²) in [5.74, 6) is 2.88. The van der Waals surface area contributed by atoms with E-state index in [1.54, 1.807) is 0 Å². The Morgan fingerprint density at radius 2 is 1.22 bits per heavy atom. The van der Waals surface area contributed by atoms with Gasteiger partial charge in [-0.1, -0.05) is 42.5 Å². The number of anilines is 2. The van der Waals surface area contributed by atoms with E-state index < -0.39 is 0 Å². The van der Waals surface area contributed by atoms with Crippen molar-refractivity contribution in [1.29, 1.82) is 0 Å². The fourth-order valence-corrected chi connectivity index (χ4v) is 4.49. The van der Waals surface area contributed by atoms with Crippen LogP contribution in [0.1, 0.15) is 28.3 Å². The molecule has 2 aromatic heterocycles. The zero-order chi connectivity index (χ0) is 22.1. The molecule has 0 aliphatic carbocycles. The number of benzene rings is 2. The van der Waals surface area contributed by atoms with Gasteiger partial charge >= 0.3 is 0 Å². The van der Waals surface area contributed by atoms with Crippen molar-refractivity contribution in [1.82, 2.24) is 19.9 Å². The van der Waals surface area contributed by atoms with Gasteiger partial charge in [-0.2, -0.15) is 0 Å². The Kier molecular flexibility index (Phi) is 5.43. The Bertz CT molecular complexity index is 1250. The highest BCUT2D eigenvalue weighted by Crippen LogP contribution is 2.27. The molecule has 0 unspecified atom stereocenters. The van der Waals surface area contributed by atoms with Gasteiger partial charge in [0.15, 0.2) is 5.82 Å². The number of piperazine rings is 1. The van der Waals surface area contributed by atoms with Crippen LogP contribution in [-0.4, -0.2) is 46.1 Å². The minimum atomic E-state index is 0.827. The first-order valence-corrected chi connectivity index (χ1v) is 11.2. The fraction of sp³-hybridized carbons (Fsp3) is 0.308. The van der Waals surface area contributed by atoms with Crippen LogP contribution in [0.4, 0.5) is 11.6 Å². The maximum absolute atomic E-state index is 4.92. The van der Waals surface area contributed by atoms with E-state index in [0.29, 0.717) is 0 Å². The van der Waals surface area contributed by atoms with Crippen molar-refractivity contribution in [3.05, 3.63) is 82.9 Å². The highest BCUT2D eigenvalue weighted by Gasteiger charge is 2.24. The van der Waals surface area contributed by atoms with Gasteiger partial charge in [0.25, 0.3) is 0 Å². The summed E-state index contributed by atoms with van der Waals surface area (Å²) < 4.78 is 0. The summed E-state index contributed by atoms with van der Waals surface area (Å²) in [4.78, 5) is 24.0. The molecule has 1 saturated heterocycles. The topological polar surface area (TPSA) is 58.0 Å². The summed E-state index contributed by atoms with van der Waals surface area (Å²) in [5, 5.41) is 0. The summed E-state index contributed by atoms with van der Waals surface area (Å²) in [5.41, 5.74) is 6.44. The van der Waals surface area contributed by atoms with Gasteiger partial charge in [0, 0.05) is 43.9 Å². The van der Waals surface area contributed by atoms with E-state index in [1.807, 2.05) is 31.2 Å². The second kappa shape index (κ2) is 8.54. The smallest absolute Gasteiger partial charge is 0.150 e. The average Bonchev–Trinajstić information content (AvgIpc) is 2.81. The van der Waals surface area contributed by atoms with E-state index in [0.717, 1.165) is 72.5 Å². The van der Waals surface area contributed by atoms with Crippen molar-refractivity contribution in [3.63, 3.8) is 0 Å². The summed E-state index contributed by atoms with van der Waals surface area (Å²) in [6, 6.07) is 18.6. The third-order valence-corrected chi connectivity index (χ3v) is 6.13. The maximum atomic E-state index is 4.92. The molecule has 32 heavy (non-hydrogen) atoms. The highest BCUT2D eigenvalue weighted by molar-refractivity contribution is 5.76. The molecule has 1 fully saturated rings. The number of hydrogen-bond donors (Lipinski definition) is 0. The summed E-state index contributed by atoms with van der Waals surface area (Å²) in [7, 11) is 0. The molecular weight excluding hydrogens is 396 g/mol. The van der Waals surface area contributed by atoms with E-state index in [4.69, 9.17) is 15.0 Å². The zero-order valence-corrected chi connectivity index (χ0v) is 18.9. The second-order valence-electron chi connectivity index (χ2n) is 8.42. The molecule has 1 aliphatic heterocycles. The first-order valence-electron chi connectivity index (χ1n) is 11.2. The van der Waals surface area contributed by atoms with Gasteiger partial charge in [-0.25, -0.2) is 19.9 Å². The van der Waals surface area contributed by atoms with Crippen LogP contribution in [0, 0.1) is 20.8 Å². The first kappa shape index (κ1) is 20.4. The van der Waals surface area contributed by atoms with Crippen molar-refractivity contribution >= 4 is 22.7 Å². The maximum Gasteiger partial charge on any atom is 0.150 e. The fourth-order valence-electron chi connectivity index (χ4n) is 4.49. The van der Waals surface area contributed by atoms with Gasteiger partial charge in [0.2, 0.25) is 0 Å². The summed E-state index contributed by atoms with van der Waals surface area (Å²) in [6.45, 7) is 9.70. The Morgan fingerprint density at radius 1 is 0.625 bits per heavy atom. The van der Waals surface area contributed by atoms with Gasteiger partial charge in [0.05, 0.1) is 16.7 Å². The number of para-hydroxylation sites is 2. The van der Waals surface area contributed by atoms with Crippen LogP contribution in [0.15, 0.2) is 54.6 Å². The number of hydrogen-bond acceptors (Lipinski definition) is 6. The Morgan fingerprint density at radius 3 is 1.91 bits per heavy atom. The first-order chi connectivity index (χ1) is 15.6. The van der Waals surface area contributed by atoms with Crippen molar-refractivity contribution < 1.29 is 0 Å². The molecule has 0 bridgehead atoms. The van der Waals surface area contributed by atoms with Gasteiger partial charge < -0.3 is 9.80 Å². The van der Waals surface area contributed by atoms with Crippen molar-refractivity contribution in [3.8, 4) is 0 Å². The van der Waals surface area contributed by atoms with Crippen LogP contribution in [0.5, 0.6) is 0 Å². The predicted octanol–water partition coefficient (Wildman–Crippen LogP) is 4.26.